The van der Waals surface area contributed by atoms with Gasteiger partial charge in [-0.25, -0.2) is 18.3 Å². The maximum absolute atomic E-state index is 2.37. The summed E-state index contributed by atoms with van der Waals surface area (Å²) in [5, 5.41) is 15.5. The molecule has 0 N–H and O–H groups in total. The third-order valence-corrected chi connectivity index (χ3v) is 15.1. The Hall–Kier alpha value is -8.88. The molecule has 0 aliphatic carbocycles. The summed E-state index contributed by atoms with van der Waals surface area (Å²) in [6.07, 6.45) is 26.7. The first-order chi connectivity index (χ1) is 34.6. The van der Waals surface area contributed by atoms with E-state index in [2.05, 4.69) is 269 Å². The third kappa shape index (κ3) is 6.37. The van der Waals surface area contributed by atoms with Crippen LogP contribution in [-0.4, -0.2) is 18.3 Å². The van der Waals surface area contributed by atoms with Crippen LogP contribution in [0.15, 0.2) is 233 Å². The molecule has 1 aliphatic rings. The first-order valence-electron chi connectivity index (χ1n) is 24.3. The van der Waals surface area contributed by atoms with E-state index in [0.29, 0.717) is 0 Å². The predicted octanol–water partition coefficient (Wildman–Crippen LogP) is 10.5. The molecule has 0 fully saturated rings. The Bertz CT molecular complexity index is 3870. The SMILES string of the molecule is c1cc2cc(c1)C[n+]1ccn(c1)C(c1ccc3ccc4cccc5ccc1c3c45)n1cc[n+](c1)Cc1cccc(c1)C[n+]1ccn(c1)C(c1ccc3ccc4cccc5ccc1c3c45)n1cc[n+](c1)C2. The summed E-state index contributed by atoms with van der Waals surface area (Å²) in [6, 6.07) is 59.1. The largest absolute Gasteiger partial charge is 0.269 e. The van der Waals surface area contributed by atoms with E-state index in [1.807, 2.05) is 0 Å². The van der Waals surface area contributed by atoms with Gasteiger partial charge in [0.2, 0.25) is 25.3 Å². The molecule has 8 heteroatoms. The molecule has 10 aromatic carbocycles. The Kier molecular flexibility index (Phi) is 8.57. The van der Waals surface area contributed by atoms with E-state index in [0.717, 1.165) is 26.2 Å². The molecule has 332 valence electrons. The molecule has 70 heavy (non-hydrogen) atoms. The van der Waals surface area contributed by atoms with Gasteiger partial charge in [-0.3, -0.25) is 0 Å². The Labute approximate surface area is 403 Å². The van der Waals surface area contributed by atoms with Crippen LogP contribution < -0.4 is 18.3 Å². The fraction of sp³-hybridized carbons (Fsp3) is 0.0968. The standard InChI is InChI=1S/C62H48N8/c1-5-43-33-44(6-1)36-64-26-30-68(40-64)62(56-24-20-52-16-14-48-10-4-12-50-18-22-54(56)60(52)58(48)50)70-32-28-66(42-70)38-46-8-2-7-45(34-46)37-65-27-31-69(41-65)61(67-29-25-63(35-43)39-67)55-23-19-51-15-13-47-9-3-11-49-17-21-53(55)59(51)57(47)49/h1-34,39-42,61-62H,35-38H2/q+4. The second kappa shape index (κ2) is 15.3. The fourth-order valence-electron chi connectivity index (χ4n) is 12.0. The van der Waals surface area contributed by atoms with E-state index in [1.54, 1.807) is 0 Å². The summed E-state index contributed by atoms with van der Waals surface area (Å²) in [5.41, 5.74) is 7.57. The number of fused-ring (bicyclic) bond motifs is 12. The molecule has 15 rings (SSSR count). The average Bonchev–Trinajstić information content (AvgIpc) is 4.24. The highest BCUT2D eigenvalue weighted by atomic mass is 15.3. The Morgan fingerprint density at radius 2 is 0.586 bits per heavy atom. The number of hydrogen-bond donors (Lipinski definition) is 0. The van der Waals surface area contributed by atoms with Gasteiger partial charge in [0.1, 0.15) is 75.8 Å². The zero-order valence-electron chi connectivity index (χ0n) is 38.5. The zero-order valence-corrected chi connectivity index (χ0v) is 38.5. The molecular formula is C62H48N8+4. The van der Waals surface area contributed by atoms with Crippen LogP contribution >= 0.6 is 0 Å². The van der Waals surface area contributed by atoms with Crippen molar-refractivity contribution in [2.45, 2.75) is 38.5 Å². The van der Waals surface area contributed by atoms with Crippen LogP contribution in [0.2, 0.25) is 0 Å². The van der Waals surface area contributed by atoms with Crippen molar-refractivity contribution < 1.29 is 18.3 Å². The van der Waals surface area contributed by atoms with E-state index in [1.165, 1.54) is 98.0 Å². The van der Waals surface area contributed by atoms with Gasteiger partial charge in [0.25, 0.3) is 12.3 Å². The number of hydrogen-bond acceptors (Lipinski definition) is 0. The summed E-state index contributed by atoms with van der Waals surface area (Å²) in [6.45, 7) is 3.02. The van der Waals surface area contributed by atoms with Crippen molar-refractivity contribution in [3.05, 3.63) is 266 Å². The number of benzene rings is 10. The van der Waals surface area contributed by atoms with Crippen molar-refractivity contribution >= 4 is 64.6 Å². The summed E-state index contributed by atoms with van der Waals surface area (Å²) >= 11 is 0. The van der Waals surface area contributed by atoms with Crippen LogP contribution in [0.3, 0.4) is 0 Å². The number of rotatable bonds is 2. The van der Waals surface area contributed by atoms with E-state index in [-0.39, 0.29) is 12.3 Å². The van der Waals surface area contributed by atoms with Crippen LogP contribution in [0.25, 0.3) is 64.6 Å². The third-order valence-electron chi connectivity index (χ3n) is 15.1. The molecule has 0 atom stereocenters. The van der Waals surface area contributed by atoms with Crippen molar-refractivity contribution in [1.29, 1.82) is 0 Å². The number of aromatic nitrogens is 8. The van der Waals surface area contributed by atoms with E-state index in [4.69, 9.17) is 0 Å². The van der Waals surface area contributed by atoms with Crippen molar-refractivity contribution in [3.8, 4) is 0 Å². The minimum atomic E-state index is -0.124. The van der Waals surface area contributed by atoms with Crippen LogP contribution in [0.5, 0.6) is 0 Å². The zero-order chi connectivity index (χ0) is 45.9. The van der Waals surface area contributed by atoms with Crippen LogP contribution in [0.1, 0.15) is 45.7 Å². The van der Waals surface area contributed by atoms with Gasteiger partial charge in [0.05, 0.1) is 0 Å². The quantitative estimate of drug-likeness (QED) is 0.122. The number of imidazole rings is 4. The van der Waals surface area contributed by atoms with E-state index >= 15 is 0 Å². The lowest BCUT2D eigenvalue weighted by molar-refractivity contribution is -0.689. The van der Waals surface area contributed by atoms with E-state index in [9.17, 15) is 0 Å². The highest BCUT2D eigenvalue weighted by Gasteiger charge is 2.31. The molecular weight excluding hydrogens is 857 g/mol. The van der Waals surface area contributed by atoms with Gasteiger partial charge >= 0.3 is 0 Å². The maximum Gasteiger partial charge on any atom is 0.269 e. The molecule has 5 heterocycles. The first-order valence-corrected chi connectivity index (χ1v) is 24.3. The van der Waals surface area contributed by atoms with Gasteiger partial charge in [-0.05, 0) is 111 Å². The molecule has 4 aromatic heterocycles. The Balaban J connectivity index is 0.854. The molecule has 0 saturated heterocycles. The molecule has 0 saturated carbocycles. The fourth-order valence-corrected chi connectivity index (χ4v) is 12.0. The molecule has 12 bridgehead atoms. The topological polar surface area (TPSA) is 35.2 Å². The van der Waals surface area contributed by atoms with Gasteiger partial charge in [0.15, 0.2) is 0 Å². The molecule has 0 spiro atoms. The lowest BCUT2D eigenvalue weighted by Crippen LogP contribution is -2.35. The minimum Gasteiger partial charge on any atom is -0.233 e. The summed E-state index contributed by atoms with van der Waals surface area (Å²) in [4.78, 5) is 0. The molecule has 0 amide bonds. The van der Waals surface area contributed by atoms with Crippen LogP contribution in [-0.2, 0) is 26.2 Å². The monoisotopic (exact) mass is 904 g/mol. The molecule has 14 aromatic rings. The summed E-state index contributed by atoms with van der Waals surface area (Å²) in [7, 11) is 0. The molecule has 1 aliphatic heterocycles. The van der Waals surface area contributed by atoms with Crippen LogP contribution in [0, 0.1) is 0 Å². The highest BCUT2D eigenvalue weighted by Crippen LogP contribution is 2.40. The predicted molar refractivity (Wildman–Crippen MR) is 275 cm³/mol. The number of nitrogens with zero attached hydrogens (tertiary/aromatic N) is 8. The lowest BCUT2D eigenvalue weighted by Gasteiger charge is -2.17. The Morgan fingerprint density at radius 3 is 0.929 bits per heavy atom. The van der Waals surface area contributed by atoms with Crippen molar-refractivity contribution in [1.82, 2.24) is 18.3 Å². The van der Waals surface area contributed by atoms with Crippen LogP contribution in [0.4, 0.5) is 0 Å². The Morgan fingerprint density at radius 1 is 0.300 bits per heavy atom. The van der Waals surface area contributed by atoms with Gasteiger partial charge < -0.3 is 0 Å². The molecule has 0 radical (unpaired) electrons. The first kappa shape index (κ1) is 39.1. The van der Waals surface area contributed by atoms with Gasteiger partial charge in [-0.15, -0.1) is 0 Å². The smallest absolute Gasteiger partial charge is 0.233 e. The van der Waals surface area contributed by atoms with Gasteiger partial charge in [-0.1, -0.05) is 133 Å². The molecule has 0 unspecified atom stereocenters. The highest BCUT2D eigenvalue weighted by molar-refractivity contribution is 6.24. The summed E-state index contributed by atoms with van der Waals surface area (Å²) in [5.74, 6) is 0. The van der Waals surface area contributed by atoms with Gasteiger partial charge in [0, 0.05) is 11.1 Å². The van der Waals surface area contributed by atoms with Crippen molar-refractivity contribution in [3.63, 3.8) is 0 Å². The average molecular weight is 905 g/mol. The lowest BCUT2D eigenvalue weighted by atomic mass is 9.91. The second-order valence-electron chi connectivity index (χ2n) is 19.5. The van der Waals surface area contributed by atoms with E-state index < -0.39 is 0 Å². The van der Waals surface area contributed by atoms with Gasteiger partial charge in [-0.2, -0.15) is 18.3 Å². The second-order valence-corrected chi connectivity index (χ2v) is 19.5. The summed E-state index contributed by atoms with van der Waals surface area (Å²) < 4.78 is 18.8. The van der Waals surface area contributed by atoms with Crippen molar-refractivity contribution in [2.24, 2.45) is 0 Å². The van der Waals surface area contributed by atoms with Crippen molar-refractivity contribution in [2.75, 3.05) is 0 Å². The normalized spacial score (nSPS) is 15.5. The minimum absolute atomic E-state index is 0.124. The molecule has 8 nitrogen and oxygen atoms in total. The maximum atomic E-state index is 2.37.